The maximum absolute atomic E-state index is 14.9. The Morgan fingerprint density at radius 2 is 1.86 bits per heavy atom. The lowest BCUT2D eigenvalue weighted by molar-refractivity contribution is -0.130. The van der Waals surface area contributed by atoms with Gasteiger partial charge in [0.1, 0.15) is 17.5 Å². The molecule has 4 heterocycles. The SMILES string of the molecule is Cc1cccc(N(C)C(=O)C2CN(c3nc(-c4ccc(F)cc4F)c4cc(C)c(C)nc4n3)CCO2)n1. The average Bonchev–Trinajstić information content (AvgIpc) is 2.88. The summed E-state index contributed by atoms with van der Waals surface area (Å²) < 4.78 is 34.3. The molecule has 1 aliphatic rings. The van der Waals surface area contributed by atoms with E-state index in [2.05, 4.69) is 19.9 Å². The summed E-state index contributed by atoms with van der Waals surface area (Å²) in [5, 5.41) is 0.559. The van der Waals surface area contributed by atoms with Gasteiger partial charge in [0.25, 0.3) is 5.91 Å². The van der Waals surface area contributed by atoms with Crippen LogP contribution in [-0.4, -0.2) is 58.7 Å². The second-order valence-electron chi connectivity index (χ2n) is 9.10. The maximum atomic E-state index is 14.9. The van der Waals surface area contributed by atoms with Gasteiger partial charge in [-0.05, 0) is 56.7 Å². The van der Waals surface area contributed by atoms with E-state index in [1.807, 2.05) is 43.9 Å². The molecule has 1 unspecified atom stereocenters. The first-order valence-electron chi connectivity index (χ1n) is 11.9. The van der Waals surface area contributed by atoms with Crippen LogP contribution in [0.15, 0.2) is 42.5 Å². The van der Waals surface area contributed by atoms with Crippen molar-refractivity contribution in [3.63, 3.8) is 0 Å². The maximum Gasteiger partial charge on any atom is 0.258 e. The van der Waals surface area contributed by atoms with Crippen molar-refractivity contribution in [2.75, 3.05) is 36.5 Å². The average molecular weight is 505 g/mol. The van der Waals surface area contributed by atoms with Crippen LogP contribution in [0.2, 0.25) is 0 Å². The van der Waals surface area contributed by atoms with E-state index in [0.29, 0.717) is 35.0 Å². The number of likely N-dealkylation sites (N-methyl/N-ethyl adjacent to an activating group) is 1. The highest BCUT2D eigenvalue weighted by molar-refractivity contribution is 5.96. The van der Waals surface area contributed by atoms with Crippen LogP contribution in [-0.2, 0) is 9.53 Å². The van der Waals surface area contributed by atoms with Gasteiger partial charge in [0, 0.05) is 42.0 Å². The van der Waals surface area contributed by atoms with Gasteiger partial charge >= 0.3 is 0 Å². The van der Waals surface area contributed by atoms with Gasteiger partial charge in [0.2, 0.25) is 5.95 Å². The van der Waals surface area contributed by atoms with Crippen LogP contribution < -0.4 is 9.80 Å². The molecule has 190 valence electrons. The van der Waals surface area contributed by atoms with Gasteiger partial charge in [0.05, 0.1) is 18.8 Å². The Bertz CT molecular complexity index is 1510. The third-order valence-corrected chi connectivity index (χ3v) is 6.48. The zero-order valence-corrected chi connectivity index (χ0v) is 21.0. The number of aromatic nitrogens is 4. The van der Waals surface area contributed by atoms with Crippen molar-refractivity contribution < 1.29 is 18.3 Å². The fourth-order valence-corrected chi connectivity index (χ4v) is 4.29. The molecular formula is C27H26F2N6O2. The van der Waals surface area contributed by atoms with E-state index < -0.39 is 17.7 Å². The number of halogens is 2. The van der Waals surface area contributed by atoms with Crippen LogP contribution in [0.3, 0.4) is 0 Å². The lowest BCUT2D eigenvalue weighted by Crippen LogP contribution is -2.51. The Balaban J connectivity index is 1.52. The zero-order valence-electron chi connectivity index (χ0n) is 21.0. The second-order valence-corrected chi connectivity index (χ2v) is 9.10. The summed E-state index contributed by atoms with van der Waals surface area (Å²) >= 11 is 0. The van der Waals surface area contributed by atoms with Crippen LogP contribution in [0.4, 0.5) is 20.5 Å². The number of anilines is 2. The minimum absolute atomic E-state index is 0.145. The lowest BCUT2D eigenvalue weighted by Gasteiger charge is -2.34. The van der Waals surface area contributed by atoms with Gasteiger partial charge in [-0.15, -0.1) is 0 Å². The van der Waals surface area contributed by atoms with Crippen LogP contribution in [0.5, 0.6) is 0 Å². The molecule has 0 spiro atoms. The monoisotopic (exact) mass is 504 g/mol. The number of ether oxygens (including phenoxy) is 1. The molecule has 10 heteroatoms. The number of nitrogens with zero attached hydrogens (tertiary/aromatic N) is 6. The number of amides is 1. The summed E-state index contributed by atoms with van der Waals surface area (Å²) in [7, 11) is 1.66. The molecule has 0 N–H and O–H groups in total. The van der Waals surface area contributed by atoms with Crippen LogP contribution in [0, 0.1) is 32.4 Å². The summed E-state index contributed by atoms with van der Waals surface area (Å²) in [5.74, 6) is -0.840. The third kappa shape index (κ3) is 4.84. The van der Waals surface area contributed by atoms with Gasteiger partial charge in [-0.1, -0.05) is 6.07 Å². The number of carbonyl (C=O) groups is 1. The van der Waals surface area contributed by atoms with Crippen LogP contribution in [0.1, 0.15) is 17.0 Å². The highest BCUT2D eigenvalue weighted by atomic mass is 19.1. The standard InChI is InChI=1S/C27H26F2N6O2/c1-15-12-20-24(19-9-8-18(28)13-21(19)29)32-27(33-25(20)31-17(15)3)35-10-11-37-22(14-35)26(36)34(4)23-7-5-6-16(2)30-23/h5-9,12-13,22H,10-11,14H2,1-4H3. The van der Waals surface area contributed by atoms with E-state index in [4.69, 9.17) is 4.74 Å². The Morgan fingerprint density at radius 3 is 2.62 bits per heavy atom. The number of hydrogen-bond acceptors (Lipinski definition) is 7. The van der Waals surface area contributed by atoms with Crippen LogP contribution >= 0.6 is 0 Å². The largest absolute Gasteiger partial charge is 0.365 e. The van der Waals surface area contributed by atoms with Gasteiger partial charge in [-0.25, -0.2) is 23.7 Å². The number of benzene rings is 1. The molecular weight excluding hydrogens is 478 g/mol. The first-order valence-corrected chi connectivity index (χ1v) is 11.9. The first-order chi connectivity index (χ1) is 17.7. The number of aryl methyl sites for hydroxylation is 3. The topological polar surface area (TPSA) is 84.3 Å². The number of carbonyl (C=O) groups excluding carboxylic acids is 1. The predicted molar refractivity (Wildman–Crippen MR) is 136 cm³/mol. The molecule has 0 bridgehead atoms. The molecule has 1 aliphatic heterocycles. The summed E-state index contributed by atoms with van der Waals surface area (Å²) in [5.41, 5.74) is 3.32. The molecule has 0 aliphatic carbocycles. The minimum Gasteiger partial charge on any atom is -0.365 e. The van der Waals surface area contributed by atoms with Crippen molar-refractivity contribution in [2.45, 2.75) is 26.9 Å². The normalized spacial score (nSPS) is 15.7. The summed E-state index contributed by atoms with van der Waals surface area (Å²) in [6.07, 6.45) is -0.779. The van der Waals surface area contributed by atoms with E-state index in [-0.39, 0.29) is 24.6 Å². The molecule has 1 fully saturated rings. The fraction of sp³-hybridized carbons (Fsp3) is 0.296. The number of morpholine rings is 1. The van der Waals surface area contributed by atoms with Gasteiger partial charge < -0.3 is 9.64 Å². The lowest BCUT2D eigenvalue weighted by atomic mass is 10.1. The van der Waals surface area contributed by atoms with Gasteiger partial charge in [-0.2, -0.15) is 4.98 Å². The van der Waals surface area contributed by atoms with Crippen molar-refractivity contribution in [2.24, 2.45) is 0 Å². The number of fused-ring (bicyclic) bond motifs is 1. The van der Waals surface area contributed by atoms with Gasteiger partial charge in [0.15, 0.2) is 11.8 Å². The van der Waals surface area contributed by atoms with Crippen molar-refractivity contribution in [1.29, 1.82) is 0 Å². The van der Waals surface area contributed by atoms with E-state index in [9.17, 15) is 13.6 Å². The number of rotatable bonds is 4. The van der Waals surface area contributed by atoms with E-state index in [0.717, 1.165) is 23.0 Å². The van der Waals surface area contributed by atoms with Crippen molar-refractivity contribution in [3.05, 3.63) is 71.1 Å². The highest BCUT2D eigenvalue weighted by Gasteiger charge is 2.32. The molecule has 1 amide bonds. The third-order valence-electron chi connectivity index (χ3n) is 6.48. The molecule has 5 rings (SSSR count). The van der Waals surface area contributed by atoms with Crippen molar-refractivity contribution in [3.8, 4) is 11.3 Å². The molecule has 4 aromatic rings. The smallest absolute Gasteiger partial charge is 0.258 e. The van der Waals surface area contributed by atoms with Crippen molar-refractivity contribution >= 4 is 28.7 Å². The number of hydrogen-bond donors (Lipinski definition) is 0. The Hall–Kier alpha value is -4.05. The summed E-state index contributed by atoms with van der Waals surface area (Å²) in [4.78, 5) is 34.9. The molecule has 1 saturated heterocycles. The molecule has 8 nitrogen and oxygen atoms in total. The van der Waals surface area contributed by atoms with E-state index in [1.165, 1.54) is 17.0 Å². The summed E-state index contributed by atoms with van der Waals surface area (Å²) in [6.45, 7) is 6.52. The zero-order chi connectivity index (χ0) is 26.3. The van der Waals surface area contributed by atoms with E-state index in [1.54, 1.807) is 13.1 Å². The molecule has 37 heavy (non-hydrogen) atoms. The minimum atomic E-state index is -0.779. The molecule has 0 radical (unpaired) electrons. The quantitative estimate of drug-likeness (QED) is 0.413. The molecule has 0 saturated carbocycles. The van der Waals surface area contributed by atoms with E-state index >= 15 is 0 Å². The molecule has 1 atom stereocenters. The predicted octanol–water partition coefficient (Wildman–Crippen LogP) is 4.16. The Kier molecular flexibility index (Phi) is 6.51. The van der Waals surface area contributed by atoms with Gasteiger partial charge in [-0.3, -0.25) is 9.69 Å². The number of pyridine rings is 2. The van der Waals surface area contributed by atoms with Crippen molar-refractivity contribution in [1.82, 2.24) is 19.9 Å². The highest BCUT2D eigenvalue weighted by Crippen LogP contribution is 2.31. The second kappa shape index (κ2) is 9.78. The Morgan fingerprint density at radius 1 is 1.05 bits per heavy atom. The summed E-state index contributed by atoms with van der Waals surface area (Å²) in [6, 6.07) is 10.7. The molecule has 3 aromatic heterocycles. The molecule has 1 aromatic carbocycles. The Labute approximate surface area is 213 Å². The van der Waals surface area contributed by atoms with Crippen LogP contribution in [0.25, 0.3) is 22.3 Å². The fourth-order valence-electron chi connectivity index (χ4n) is 4.29. The first kappa shape index (κ1) is 24.6.